The molecule has 0 aliphatic heterocycles. The van der Waals surface area contributed by atoms with Crippen LogP contribution in [0.25, 0.3) is 11.0 Å². The molecule has 7 heteroatoms. The molecule has 1 aromatic carbocycles. The number of methoxy groups -OCH3 is 1. The summed E-state index contributed by atoms with van der Waals surface area (Å²) in [4.78, 5) is 17.9. The van der Waals surface area contributed by atoms with Crippen molar-refractivity contribution >= 4 is 40.0 Å². The van der Waals surface area contributed by atoms with Crippen molar-refractivity contribution in [1.82, 2.24) is 14.9 Å². The molecule has 24 heavy (non-hydrogen) atoms. The van der Waals surface area contributed by atoms with Crippen LogP contribution in [0.1, 0.15) is 4.88 Å². The number of benzene rings is 1. The minimum Gasteiger partial charge on any atom is -0.383 e. The van der Waals surface area contributed by atoms with Gasteiger partial charge in [-0.25, -0.2) is 4.98 Å². The second kappa shape index (κ2) is 8.32. The maximum Gasteiger partial charge on any atom is 0.230 e. The van der Waals surface area contributed by atoms with Gasteiger partial charge in [0.15, 0.2) is 5.16 Å². The van der Waals surface area contributed by atoms with Crippen LogP contribution in [-0.4, -0.2) is 34.9 Å². The van der Waals surface area contributed by atoms with Crippen LogP contribution in [0.2, 0.25) is 0 Å². The Balaban J connectivity index is 1.64. The summed E-state index contributed by atoms with van der Waals surface area (Å²) in [7, 11) is 1.68. The topological polar surface area (TPSA) is 56.1 Å². The molecule has 3 aromatic rings. The number of hydrogen-bond acceptors (Lipinski definition) is 5. The van der Waals surface area contributed by atoms with Crippen molar-refractivity contribution in [3.8, 4) is 0 Å². The van der Waals surface area contributed by atoms with Crippen molar-refractivity contribution in [3.05, 3.63) is 46.7 Å². The highest BCUT2D eigenvalue weighted by molar-refractivity contribution is 7.99. The van der Waals surface area contributed by atoms with Crippen LogP contribution in [0, 0.1) is 0 Å². The van der Waals surface area contributed by atoms with Gasteiger partial charge in [0, 0.05) is 18.5 Å². The van der Waals surface area contributed by atoms with Crippen LogP contribution in [0.4, 0.5) is 0 Å². The smallest absolute Gasteiger partial charge is 0.230 e. The van der Waals surface area contributed by atoms with Crippen LogP contribution >= 0.6 is 23.1 Å². The average molecular weight is 361 g/mol. The molecule has 2 aromatic heterocycles. The second-order valence-corrected chi connectivity index (χ2v) is 7.15. The van der Waals surface area contributed by atoms with E-state index in [1.807, 2.05) is 41.8 Å². The summed E-state index contributed by atoms with van der Waals surface area (Å²) in [6.45, 7) is 1.91. The highest BCUT2D eigenvalue weighted by Crippen LogP contribution is 2.24. The lowest BCUT2D eigenvalue weighted by molar-refractivity contribution is -0.118. The molecule has 2 heterocycles. The van der Waals surface area contributed by atoms with E-state index >= 15 is 0 Å². The van der Waals surface area contributed by atoms with Crippen LogP contribution in [0.5, 0.6) is 0 Å². The molecule has 0 bridgehead atoms. The molecular formula is C17H19N3O2S2. The number of fused-ring (bicyclic) bond motifs is 1. The van der Waals surface area contributed by atoms with Gasteiger partial charge in [0.2, 0.25) is 5.91 Å². The summed E-state index contributed by atoms with van der Waals surface area (Å²) in [5, 5.41) is 5.80. The van der Waals surface area contributed by atoms with Crippen molar-refractivity contribution in [2.45, 2.75) is 18.2 Å². The fourth-order valence-corrected chi connectivity index (χ4v) is 3.86. The number of rotatable bonds is 8. The first-order valence-corrected chi connectivity index (χ1v) is 9.50. The van der Waals surface area contributed by atoms with Gasteiger partial charge >= 0.3 is 0 Å². The third-order valence-corrected chi connectivity index (χ3v) is 5.36. The Hall–Kier alpha value is -1.83. The monoisotopic (exact) mass is 361 g/mol. The standard InChI is InChI=1S/C17H19N3O2S2/c1-22-9-8-20-15-7-3-2-6-14(15)19-17(20)24-12-16(21)18-11-13-5-4-10-23-13/h2-7,10H,8-9,11-12H2,1H3,(H,18,21). The quantitative estimate of drug-likeness (QED) is 0.626. The Bertz CT molecular complexity index is 799. The maximum absolute atomic E-state index is 12.1. The summed E-state index contributed by atoms with van der Waals surface area (Å²) >= 11 is 3.10. The third-order valence-electron chi connectivity index (χ3n) is 3.51. The lowest BCUT2D eigenvalue weighted by atomic mass is 10.3. The largest absolute Gasteiger partial charge is 0.383 e. The highest BCUT2D eigenvalue weighted by Gasteiger charge is 2.12. The molecule has 126 valence electrons. The van der Waals surface area contributed by atoms with E-state index in [1.165, 1.54) is 11.8 Å². The third kappa shape index (κ3) is 4.17. The number of carbonyl (C=O) groups is 1. The second-order valence-electron chi connectivity index (χ2n) is 5.17. The normalized spacial score (nSPS) is 11.0. The molecule has 1 N–H and O–H groups in total. The number of thioether (sulfide) groups is 1. The first-order chi connectivity index (χ1) is 11.8. The van der Waals surface area contributed by atoms with Crippen molar-refractivity contribution in [2.24, 2.45) is 0 Å². The predicted octanol–water partition coefficient (Wildman–Crippen LogP) is 3.15. The number of imidazole rings is 1. The van der Waals surface area contributed by atoms with E-state index in [9.17, 15) is 4.79 Å². The number of carbonyl (C=O) groups excluding carboxylic acids is 1. The van der Waals surface area contributed by atoms with E-state index in [0.717, 1.165) is 27.6 Å². The Morgan fingerprint density at radius 1 is 1.33 bits per heavy atom. The minimum absolute atomic E-state index is 0.0127. The van der Waals surface area contributed by atoms with Crippen LogP contribution in [0.3, 0.4) is 0 Å². The van der Waals surface area contributed by atoms with E-state index in [1.54, 1.807) is 18.4 Å². The van der Waals surface area contributed by atoms with Crippen molar-refractivity contribution in [1.29, 1.82) is 0 Å². The van der Waals surface area contributed by atoms with Crippen LogP contribution in [0.15, 0.2) is 46.9 Å². The van der Waals surface area contributed by atoms with Gasteiger partial charge in [0.25, 0.3) is 0 Å². The van der Waals surface area contributed by atoms with E-state index in [2.05, 4.69) is 14.9 Å². The van der Waals surface area contributed by atoms with Gasteiger partial charge in [-0.1, -0.05) is 30.0 Å². The van der Waals surface area contributed by atoms with Crippen molar-refractivity contribution < 1.29 is 9.53 Å². The Labute approximate surface area is 149 Å². The van der Waals surface area contributed by atoms with Crippen LogP contribution < -0.4 is 5.32 Å². The first kappa shape index (κ1) is 17.0. The van der Waals surface area contributed by atoms with Crippen LogP contribution in [-0.2, 0) is 22.6 Å². The van der Waals surface area contributed by atoms with Gasteiger partial charge in [-0.3, -0.25) is 4.79 Å². The number of aromatic nitrogens is 2. The summed E-state index contributed by atoms with van der Waals surface area (Å²) in [6.07, 6.45) is 0. The Morgan fingerprint density at radius 3 is 3.00 bits per heavy atom. The lowest BCUT2D eigenvalue weighted by Gasteiger charge is -2.08. The molecule has 3 rings (SSSR count). The van der Waals surface area contributed by atoms with E-state index in [0.29, 0.717) is 18.9 Å². The number of nitrogens with zero attached hydrogens (tertiary/aromatic N) is 2. The predicted molar refractivity (Wildman–Crippen MR) is 98.5 cm³/mol. The lowest BCUT2D eigenvalue weighted by Crippen LogP contribution is -2.24. The Morgan fingerprint density at radius 2 is 2.21 bits per heavy atom. The molecule has 0 spiro atoms. The van der Waals surface area contributed by atoms with Crippen molar-refractivity contribution in [3.63, 3.8) is 0 Å². The van der Waals surface area contributed by atoms with Gasteiger partial charge in [-0.2, -0.15) is 0 Å². The van der Waals surface area contributed by atoms with Gasteiger partial charge in [0.05, 0.1) is 29.9 Å². The zero-order chi connectivity index (χ0) is 16.8. The molecular weight excluding hydrogens is 342 g/mol. The van der Waals surface area contributed by atoms with E-state index in [4.69, 9.17) is 4.74 Å². The Kier molecular flexibility index (Phi) is 5.90. The minimum atomic E-state index is 0.0127. The fourth-order valence-electron chi connectivity index (χ4n) is 2.34. The molecule has 0 radical (unpaired) electrons. The average Bonchev–Trinajstić information content (AvgIpc) is 3.23. The summed E-state index contributed by atoms with van der Waals surface area (Å²) < 4.78 is 7.30. The molecule has 5 nitrogen and oxygen atoms in total. The van der Waals surface area contributed by atoms with Crippen molar-refractivity contribution in [2.75, 3.05) is 19.5 Å². The SMILES string of the molecule is COCCn1c(SCC(=O)NCc2cccs2)nc2ccccc21. The molecule has 0 atom stereocenters. The maximum atomic E-state index is 12.1. The molecule has 0 unspecified atom stereocenters. The van der Waals surface area contributed by atoms with E-state index in [-0.39, 0.29) is 5.91 Å². The number of hydrogen-bond donors (Lipinski definition) is 1. The number of thiophene rings is 1. The summed E-state index contributed by atoms with van der Waals surface area (Å²) in [5.74, 6) is 0.362. The van der Waals surface area contributed by atoms with Gasteiger partial charge < -0.3 is 14.6 Å². The molecule has 0 aliphatic carbocycles. The zero-order valence-electron chi connectivity index (χ0n) is 13.4. The molecule has 0 aliphatic rings. The zero-order valence-corrected chi connectivity index (χ0v) is 15.0. The number of para-hydroxylation sites is 2. The summed E-state index contributed by atoms with van der Waals surface area (Å²) in [5.41, 5.74) is 2.01. The molecule has 1 amide bonds. The number of amides is 1. The molecule has 0 saturated carbocycles. The first-order valence-electron chi connectivity index (χ1n) is 7.64. The number of ether oxygens (including phenoxy) is 1. The highest BCUT2D eigenvalue weighted by atomic mass is 32.2. The van der Waals surface area contributed by atoms with Gasteiger partial charge in [-0.05, 0) is 23.6 Å². The van der Waals surface area contributed by atoms with Gasteiger partial charge in [0.1, 0.15) is 0 Å². The molecule has 0 saturated heterocycles. The van der Waals surface area contributed by atoms with E-state index < -0.39 is 0 Å². The summed E-state index contributed by atoms with van der Waals surface area (Å²) in [6, 6.07) is 12.0. The fraction of sp³-hybridized carbons (Fsp3) is 0.294. The number of nitrogens with one attached hydrogen (secondary N) is 1. The van der Waals surface area contributed by atoms with Gasteiger partial charge in [-0.15, -0.1) is 11.3 Å². The molecule has 0 fully saturated rings.